The molecule has 1 aliphatic carbocycles. The Morgan fingerprint density at radius 2 is 1.95 bits per heavy atom. The number of carbonyl (C=O) groups is 1. The van der Waals surface area contributed by atoms with Gasteiger partial charge in [-0.1, -0.05) is 68.8 Å². The summed E-state index contributed by atoms with van der Waals surface area (Å²) in [6.45, 7) is 7.92. The molecule has 0 saturated heterocycles. The van der Waals surface area contributed by atoms with E-state index in [-0.39, 0.29) is 17.4 Å². The maximum atomic E-state index is 12.3. The summed E-state index contributed by atoms with van der Waals surface area (Å²) in [6.07, 6.45) is 7.24. The van der Waals surface area contributed by atoms with Crippen molar-refractivity contribution in [2.45, 2.75) is 40.2 Å². The topological polar surface area (TPSA) is 29.1 Å². The first-order valence-electron chi connectivity index (χ1n) is 7.12. The van der Waals surface area contributed by atoms with Crippen LogP contribution in [0, 0.1) is 5.41 Å². The van der Waals surface area contributed by atoms with E-state index in [9.17, 15) is 4.79 Å². The molecule has 20 heavy (non-hydrogen) atoms. The third-order valence-electron chi connectivity index (χ3n) is 3.49. The molecule has 1 unspecified atom stereocenters. The molecule has 2 heteroatoms. The van der Waals surface area contributed by atoms with Crippen LogP contribution < -0.4 is 5.32 Å². The number of allylic oxidation sites excluding steroid dienone is 2. The Morgan fingerprint density at radius 3 is 2.65 bits per heavy atom. The predicted molar refractivity (Wildman–Crippen MR) is 84.2 cm³/mol. The summed E-state index contributed by atoms with van der Waals surface area (Å²) in [5.74, 6) is 0.0898. The van der Waals surface area contributed by atoms with Gasteiger partial charge in [0, 0.05) is 5.41 Å². The van der Waals surface area contributed by atoms with E-state index >= 15 is 0 Å². The van der Waals surface area contributed by atoms with Gasteiger partial charge >= 0.3 is 0 Å². The zero-order valence-corrected chi connectivity index (χ0v) is 12.7. The van der Waals surface area contributed by atoms with Gasteiger partial charge < -0.3 is 5.32 Å². The van der Waals surface area contributed by atoms with Crippen molar-refractivity contribution in [3.63, 3.8) is 0 Å². The van der Waals surface area contributed by atoms with Crippen LogP contribution in [0.25, 0.3) is 6.08 Å². The van der Waals surface area contributed by atoms with E-state index in [1.54, 1.807) is 0 Å². The molecule has 1 N–H and O–H groups in total. The van der Waals surface area contributed by atoms with Crippen molar-refractivity contribution in [3.05, 3.63) is 53.1 Å². The standard InChI is InChI=1S/C18H23NO/c1-13-8-7-11-16(19-17(20)18(2,3)4)15-10-6-5-9-14(15)12-13/h5-10,12,16H,11H2,1-4H3,(H,19,20)/b8-7-,13-12-. The Balaban J connectivity index is 2.34. The molecule has 1 aromatic rings. The molecular weight excluding hydrogens is 246 g/mol. The average molecular weight is 269 g/mol. The quantitative estimate of drug-likeness (QED) is 0.811. The molecule has 106 valence electrons. The molecule has 1 atom stereocenters. The van der Waals surface area contributed by atoms with Crippen molar-refractivity contribution >= 4 is 12.0 Å². The number of amides is 1. The van der Waals surface area contributed by atoms with Gasteiger partial charge in [0.2, 0.25) is 5.91 Å². The molecule has 1 aromatic carbocycles. The zero-order chi connectivity index (χ0) is 14.8. The largest absolute Gasteiger partial charge is 0.349 e. The molecule has 0 aliphatic heterocycles. The van der Waals surface area contributed by atoms with E-state index in [1.165, 1.54) is 16.7 Å². The number of hydrogen-bond acceptors (Lipinski definition) is 1. The lowest BCUT2D eigenvalue weighted by molar-refractivity contribution is -0.129. The Morgan fingerprint density at radius 1 is 1.25 bits per heavy atom. The summed E-state index contributed by atoms with van der Waals surface area (Å²) >= 11 is 0. The van der Waals surface area contributed by atoms with Crippen LogP contribution in [0.3, 0.4) is 0 Å². The summed E-state index contributed by atoms with van der Waals surface area (Å²) in [5.41, 5.74) is 3.24. The van der Waals surface area contributed by atoms with Crippen LogP contribution >= 0.6 is 0 Å². The molecule has 0 fully saturated rings. The monoisotopic (exact) mass is 269 g/mol. The Hall–Kier alpha value is -1.83. The molecular formula is C18H23NO. The van der Waals surface area contributed by atoms with Gasteiger partial charge in [-0.05, 0) is 24.5 Å². The van der Waals surface area contributed by atoms with Crippen molar-refractivity contribution in [1.29, 1.82) is 0 Å². The van der Waals surface area contributed by atoms with Crippen LogP contribution in [0.2, 0.25) is 0 Å². The van der Waals surface area contributed by atoms with Crippen LogP contribution in [-0.2, 0) is 4.79 Å². The summed E-state index contributed by atoms with van der Waals surface area (Å²) in [4.78, 5) is 12.3. The van der Waals surface area contributed by atoms with Crippen LogP contribution in [-0.4, -0.2) is 5.91 Å². The van der Waals surface area contributed by atoms with Gasteiger partial charge in [-0.25, -0.2) is 0 Å². The van der Waals surface area contributed by atoms with Gasteiger partial charge in [0.05, 0.1) is 6.04 Å². The van der Waals surface area contributed by atoms with Crippen molar-refractivity contribution in [1.82, 2.24) is 5.32 Å². The summed E-state index contributed by atoms with van der Waals surface area (Å²) < 4.78 is 0. The number of rotatable bonds is 1. The highest BCUT2D eigenvalue weighted by atomic mass is 16.2. The minimum atomic E-state index is -0.368. The fourth-order valence-electron chi connectivity index (χ4n) is 2.28. The molecule has 2 nitrogen and oxygen atoms in total. The Bertz CT molecular complexity index is 561. The Labute approximate surface area is 121 Å². The highest BCUT2D eigenvalue weighted by Gasteiger charge is 2.25. The third kappa shape index (κ3) is 3.38. The zero-order valence-electron chi connectivity index (χ0n) is 12.7. The lowest BCUT2D eigenvalue weighted by atomic mass is 9.91. The second kappa shape index (κ2) is 5.66. The van der Waals surface area contributed by atoms with Crippen molar-refractivity contribution < 1.29 is 4.79 Å². The molecule has 1 aliphatic rings. The van der Waals surface area contributed by atoms with E-state index in [1.807, 2.05) is 32.9 Å². The average Bonchev–Trinajstić information content (AvgIpc) is 2.35. The van der Waals surface area contributed by atoms with Gasteiger partial charge in [-0.15, -0.1) is 0 Å². The number of benzene rings is 1. The maximum Gasteiger partial charge on any atom is 0.225 e. The molecule has 0 bridgehead atoms. The van der Waals surface area contributed by atoms with Crippen molar-refractivity contribution in [2.75, 3.05) is 0 Å². The van der Waals surface area contributed by atoms with Gasteiger partial charge in [-0.3, -0.25) is 4.79 Å². The van der Waals surface area contributed by atoms with E-state index in [0.717, 1.165) is 6.42 Å². The summed E-state index contributed by atoms with van der Waals surface area (Å²) in [7, 11) is 0. The van der Waals surface area contributed by atoms with E-state index in [4.69, 9.17) is 0 Å². The van der Waals surface area contributed by atoms with Crippen LogP contribution in [0.4, 0.5) is 0 Å². The first kappa shape index (κ1) is 14.6. The lowest BCUT2D eigenvalue weighted by Crippen LogP contribution is -2.37. The minimum absolute atomic E-state index is 0.0403. The van der Waals surface area contributed by atoms with Gasteiger partial charge in [0.1, 0.15) is 0 Å². The van der Waals surface area contributed by atoms with Crippen molar-refractivity contribution in [3.8, 4) is 0 Å². The predicted octanol–water partition coefficient (Wildman–Crippen LogP) is 4.25. The summed E-state index contributed by atoms with van der Waals surface area (Å²) in [5, 5.41) is 3.18. The smallest absolute Gasteiger partial charge is 0.225 e. The normalized spacial score (nSPS) is 22.8. The molecule has 0 spiro atoms. The fraction of sp³-hybridized carbons (Fsp3) is 0.389. The SMILES string of the molecule is CC1=C/c2ccccc2C(NC(=O)C(C)(C)C)C/C=C\1. The molecule has 1 amide bonds. The number of carbonyl (C=O) groups excluding carboxylic acids is 1. The molecule has 0 heterocycles. The molecule has 0 radical (unpaired) electrons. The number of nitrogens with one attached hydrogen (secondary N) is 1. The van der Waals surface area contributed by atoms with Gasteiger partial charge in [-0.2, -0.15) is 0 Å². The second-order valence-corrected chi connectivity index (χ2v) is 6.43. The minimum Gasteiger partial charge on any atom is -0.349 e. The van der Waals surface area contributed by atoms with Crippen LogP contribution in [0.5, 0.6) is 0 Å². The highest BCUT2D eigenvalue weighted by Crippen LogP contribution is 2.27. The van der Waals surface area contributed by atoms with E-state index in [0.29, 0.717) is 0 Å². The van der Waals surface area contributed by atoms with Crippen LogP contribution in [0.1, 0.15) is 51.3 Å². The first-order valence-corrected chi connectivity index (χ1v) is 7.12. The highest BCUT2D eigenvalue weighted by molar-refractivity contribution is 5.82. The number of hydrogen-bond donors (Lipinski definition) is 1. The molecule has 2 rings (SSSR count). The van der Waals surface area contributed by atoms with Gasteiger partial charge in [0.25, 0.3) is 0 Å². The summed E-state index contributed by atoms with van der Waals surface area (Å²) in [6, 6.07) is 8.32. The van der Waals surface area contributed by atoms with Crippen molar-refractivity contribution in [2.24, 2.45) is 5.41 Å². The number of fused-ring (bicyclic) bond motifs is 1. The van der Waals surface area contributed by atoms with Gasteiger partial charge in [0.15, 0.2) is 0 Å². The fourth-order valence-corrected chi connectivity index (χ4v) is 2.28. The first-order chi connectivity index (χ1) is 9.38. The van der Waals surface area contributed by atoms with E-state index in [2.05, 4.69) is 42.6 Å². The van der Waals surface area contributed by atoms with E-state index < -0.39 is 0 Å². The molecule has 0 aromatic heterocycles. The molecule has 0 saturated carbocycles. The van der Waals surface area contributed by atoms with Crippen LogP contribution in [0.15, 0.2) is 42.0 Å². The third-order valence-corrected chi connectivity index (χ3v) is 3.49. The Kier molecular flexibility index (Phi) is 4.12. The second-order valence-electron chi connectivity index (χ2n) is 6.43. The lowest BCUT2D eigenvalue weighted by Gasteiger charge is -2.26. The maximum absolute atomic E-state index is 12.3.